The molecule has 1 amide bonds. The maximum absolute atomic E-state index is 13.2. The average molecular weight is 528 g/mol. The van der Waals surface area contributed by atoms with Crippen molar-refractivity contribution in [1.82, 2.24) is 5.32 Å². The van der Waals surface area contributed by atoms with Crippen LogP contribution in [0.25, 0.3) is 0 Å². The Morgan fingerprint density at radius 3 is 2.37 bits per heavy atom. The summed E-state index contributed by atoms with van der Waals surface area (Å²) in [5, 5.41) is 3.62. The lowest BCUT2D eigenvalue weighted by molar-refractivity contribution is -0.119. The summed E-state index contributed by atoms with van der Waals surface area (Å²) in [4.78, 5) is 12.7. The Morgan fingerprint density at radius 2 is 1.70 bits per heavy atom. The molecule has 0 unspecified atom stereocenters. The van der Waals surface area contributed by atoms with Crippen LogP contribution < -0.4 is 9.62 Å². The van der Waals surface area contributed by atoms with Crippen LogP contribution in [0, 0.1) is 0 Å². The van der Waals surface area contributed by atoms with Crippen LogP contribution in [0.1, 0.15) is 5.56 Å². The summed E-state index contributed by atoms with van der Waals surface area (Å²) in [5.41, 5.74) is 1.04. The lowest BCUT2D eigenvalue weighted by Gasteiger charge is -2.24. The van der Waals surface area contributed by atoms with Crippen molar-refractivity contribution in [1.29, 1.82) is 0 Å². The Hall–Kier alpha value is -2.06. The number of amides is 1. The molecule has 0 radical (unpaired) electrons. The third-order valence-electron chi connectivity index (χ3n) is 4.21. The number of hydrogen-bond acceptors (Lipinski definition) is 3. The minimum atomic E-state index is -3.95. The maximum atomic E-state index is 13.2. The van der Waals surface area contributed by atoms with Crippen LogP contribution in [0.3, 0.4) is 0 Å². The number of carbonyl (C=O) groups excluding carboxylic acids is 1. The molecule has 0 saturated heterocycles. The highest BCUT2D eigenvalue weighted by Gasteiger charge is 2.27. The molecule has 1 N–H and O–H groups in total. The van der Waals surface area contributed by atoms with E-state index in [0.717, 1.165) is 4.31 Å². The molecule has 0 aliphatic carbocycles. The number of hydrogen-bond donors (Lipinski definition) is 1. The van der Waals surface area contributed by atoms with E-state index in [1.807, 2.05) is 0 Å². The zero-order valence-electron chi connectivity index (χ0n) is 15.6. The molecule has 30 heavy (non-hydrogen) atoms. The van der Waals surface area contributed by atoms with E-state index in [1.165, 1.54) is 12.1 Å². The molecule has 3 aromatic carbocycles. The SMILES string of the molecule is O=C(CN(c1cccc(Br)c1)S(=O)(=O)c1ccccc1)NCc1ccc(Cl)cc1Cl. The van der Waals surface area contributed by atoms with Gasteiger partial charge in [0.05, 0.1) is 10.6 Å². The van der Waals surface area contributed by atoms with Crippen molar-refractivity contribution in [3.8, 4) is 0 Å². The third-order valence-corrected chi connectivity index (χ3v) is 7.07. The van der Waals surface area contributed by atoms with Crippen molar-refractivity contribution in [3.63, 3.8) is 0 Å². The Labute approximate surface area is 193 Å². The molecule has 0 fully saturated rings. The van der Waals surface area contributed by atoms with Crippen LogP contribution in [0.5, 0.6) is 0 Å². The smallest absolute Gasteiger partial charge is 0.264 e. The number of rotatable bonds is 7. The fourth-order valence-corrected chi connectivity index (χ4v) is 5.01. The quantitative estimate of drug-likeness (QED) is 0.455. The molecule has 3 rings (SSSR count). The van der Waals surface area contributed by atoms with E-state index < -0.39 is 15.9 Å². The summed E-state index contributed by atoms with van der Waals surface area (Å²) in [6, 6.07) is 19.7. The van der Waals surface area contributed by atoms with E-state index >= 15 is 0 Å². The first-order chi connectivity index (χ1) is 14.3. The van der Waals surface area contributed by atoms with Crippen molar-refractivity contribution in [3.05, 3.63) is 92.9 Å². The van der Waals surface area contributed by atoms with E-state index in [9.17, 15) is 13.2 Å². The monoisotopic (exact) mass is 526 g/mol. The van der Waals surface area contributed by atoms with Gasteiger partial charge in [-0.3, -0.25) is 9.10 Å². The molecule has 3 aromatic rings. The van der Waals surface area contributed by atoms with E-state index in [2.05, 4.69) is 21.2 Å². The molecule has 9 heteroatoms. The van der Waals surface area contributed by atoms with Crippen LogP contribution in [-0.2, 0) is 21.4 Å². The normalized spacial score (nSPS) is 11.2. The topological polar surface area (TPSA) is 66.5 Å². The molecule has 0 bridgehead atoms. The minimum absolute atomic E-state index is 0.0959. The van der Waals surface area contributed by atoms with Gasteiger partial charge in [0.25, 0.3) is 10.0 Å². The molecule has 0 heterocycles. The van der Waals surface area contributed by atoms with E-state index in [-0.39, 0.29) is 18.0 Å². The average Bonchev–Trinajstić information content (AvgIpc) is 2.72. The molecule has 0 saturated carbocycles. The van der Waals surface area contributed by atoms with Gasteiger partial charge < -0.3 is 5.32 Å². The number of benzene rings is 3. The van der Waals surface area contributed by atoms with E-state index in [1.54, 1.807) is 60.7 Å². The van der Waals surface area contributed by atoms with Crippen molar-refractivity contribution in [2.24, 2.45) is 0 Å². The summed E-state index contributed by atoms with van der Waals surface area (Å²) in [6.45, 7) is -0.245. The van der Waals surface area contributed by atoms with Crippen LogP contribution in [0.4, 0.5) is 5.69 Å². The Bertz CT molecular complexity index is 1160. The van der Waals surface area contributed by atoms with Gasteiger partial charge in [-0.25, -0.2) is 8.42 Å². The third kappa shape index (κ3) is 5.55. The number of carbonyl (C=O) groups is 1. The molecule has 156 valence electrons. The van der Waals surface area contributed by atoms with Crippen molar-refractivity contribution in [2.45, 2.75) is 11.4 Å². The second-order valence-corrected chi connectivity index (χ2v) is 9.94. The van der Waals surface area contributed by atoms with Crippen molar-refractivity contribution >= 4 is 60.7 Å². The largest absolute Gasteiger partial charge is 0.350 e. The van der Waals surface area contributed by atoms with Gasteiger partial charge in [0.2, 0.25) is 5.91 Å². The second-order valence-electron chi connectivity index (χ2n) is 6.32. The van der Waals surface area contributed by atoms with Crippen LogP contribution >= 0.6 is 39.1 Å². The van der Waals surface area contributed by atoms with Gasteiger partial charge in [-0.2, -0.15) is 0 Å². The van der Waals surface area contributed by atoms with Crippen LogP contribution in [-0.4, -0.2) is 20.9 Å². The molecule has 0 spiro atoms. The number of nitrogens with one attached hydrogen (secondary N) is 1. The fourth-order valence-electron chi connectivity index (χ4n) is 2.71. The molecule has 5 nitrogen and oxygen atoms in total. The van der Waals surface area contributed by atoms with Crippen molar-refractivity contribution in [2.75, 3.05) is 10.8 Å². The van der Waals surface area contributed by atoms with E-state index in [4.69, 9.17) is 23.2 Å². The van der Waals surface area contributed by atoms with Gasteiger partial charge in [-0.15, -0.1) is 0 Å². The highest BCUT2D eigenvalue weighted by atomic mass is 79.9. The molecule has 0 aromatic heterocycles. The van der Waals surface area contributed by atoms with Gasteiger partial charge in [-0.1, -0.05) is 69.5 Å². The number of anilines is 1. The van der Waals surface area contributed by atoms with E-state index in [0.29, 0.717) is 25.8 Å². The Morgan fingerprint density at radius 1 is 0.967 bits per heavy atom. The minimum Gasteiger partial charge on any atom is -0.350 e. The Kier molecular flexibility index (Phi) is 7.41. The van der Waals surface area contributed by atoms with Crippen LogP contribution in [0.15, 0.2) is 82.2 Å². The predicted molar refractivity (Wildman–Crippen MR) is 123 cm³/mol. The van der Waals surface area contributed by atoms with Gasteiger partial charge in [0.15, 0.2) is 0 Å². The highest BCUT2D eigenvalue weighted by molar-refractivity contribution is 9.10. The zero-order chi connectivity index (χ0) is 21.7. The predicted octanol–water partition coefficient (Wildman–Crippen LogP) is 5.27. The molecule has 0 atom stereocenters. The summed E-state index contributed by atoms with van der Waals surface area (Å²) in [7, 11) is -3.95. The summed E-state index contributed by atoms with van der Waals surface area (Å²) >= 11 is 15.4. The summed E-state index contributed by atoms with van der Waals surface area (Å²) in [5.74, 6) is -0.472. The fraction of sp³-hybridized carbons (Fsp3) is 0.0952. The second kappa shape index (κ2) is 9.83. The summed E-state index contributed by atoms with van der Waals surface area (Å²) in [6.07, 6.45) is 0. The lowest BCUT2D eigenvalue weighted by Crippen LogP contribution is -2.40. The first-order valence-corrected chi connectivity index (χ1v) is 11.8. The van der Waals surface area contributed by atoms with Gasteiger partial charge >= 0.3 is 0 Å². The van der Waals surface area contributed by atoms with Gasteiger partial charge in [0.1, 0.15) is 6.54 Å². The number of halogens is 3. The maximum Gasteiger partial charge on any atom is 0.264 e. The van der Waals surface area contributed by atoms with Crippen molar-refractivity contribution < 1.29 is 13.2 Å². The summed E-state index contributed by atoms with van der Waals surface area (Å²) < 4.78 is 28.3. The van der Waals surface area contributed by atoms with Crippen LogP contribution in [0.2, 0.25) is 10.0 Å². The van der Waals surface area contributed by atoms with Gasteiger partial charge in [-0.05, 0) is 48.0 Å². The molecule has 0 aliphatic heterocycles. The molecular formula is C21H17BrCl2N2O3S. The van der Waals surface area contributed by atoms with Gasteiger partial charge in [0, 0.05) is 21.1 Å². The lowest BCUT2D eigenvalue weighted by atomic mass is 10.2. The number of nitrogens with zero attached hydrogens (tertiary/aromatic N) is 1. The standard InChI is InChI=1S/C21H17BrCl2N2O3S/c22-16-5-4-6-18(11-16)26(30(28,29)19-7-2-1-3-8-19)14-21(27)25-13-15-9-10-17(23)12-20(15)24/h1-12H,13-14H2,(H,25,27). The zero-order valence-corrected chi connectivity index (χ0v) is 19.5. The Balaban J connectivity index is 1.85. The molecule has 0 aliphatic rings. The number of sulfonamides is 1. The molecular weight excluding hydrogens is 511 g/mol. The first-order valence-electron chi connectivity index (χ1n) is 8.81. The highest BCUT2D eigenvalue weighted by Crippen LogP contribution is 2.26. The first kappa shape index (κ1) is 22.6.